The minimum absolute atomic E-state index is 0. The van der Waals surface area contributed by atoms with Crippen molar-refractivity contribution < 1.29 is 4.79 Å². The van der Waals surface area contributed by atoms with E-state index in [-0.39, 0.29) is 23.9 Å². The molecule has 0 radical (unpaired) electrons. The van der Waals surface area contributed by atoms with Crippen molar-refractivity contribution in [2.24, 2.45) is 11.1 Å². The summed E-state index contributed by atoms with van der Waals surface area (Å²) in [7, 11) is 0. The van der Waals surface area contributed by atoms with Gasteiger partial charge in [-0.2, -0.15) is 0 Å². The van der Waals surface area contributed by atoms with E-state index < -0.39 is 5.41 Å². The van der Waals surface area contributed by atoms with Crippen LogP contribution in [0, 0.1) is 5.41 Å². The minimum Gasteiger partial charge on any atom is -0.354 e. The molecule has 1 saturated heterocycles. The third kappa shape index (κ3) is 4.59. The van der Waals surface area contributed by atoms with Crippen molar-refractivity contribution in [2.75, 3.05) is 26.2 Å². The Labute approximate surface area is 142 Å². The molecule has 1 saturated carbocycles. The van der Waals surface area contributed by atoms with Gasteiger partial charge in [-0.1, -0.05) is 25.7 Å². The lowest BCUT2D eigenvalue weighted by atomic mass is 9.78. The Morgan fingerprint density at radius 1 is 1.09 bits per heavy atom. The molecule has 4 nitrogen and oxygen atoms in total. The molecular formula is C17H34ClN3O. The topological polar surface area (TPSA) is 58.4 Å². The fraction of sp³-hybridized carbons (Fsp3) is 0.941. The van der Waals surface area contributed by atoms with Gasteiger partial charge in [-0.15, -0.1) is 12.4 Å². The van der Waals surface area contributed by atoms with Crippen molar-refractivity contribution in [2.45, 2.75) is 70.8 Å². The molecule has 22 heavy (non-hydrogen) atoms. The predicted molar refractivity (Wildman–Crippen MR) is 94.3 cm³/mol. The van der Waals surface area contributed by atoms with Gasteiger partial charge in [-0.05, 0) is 52.6 Å². The number of piperidine rings is 1. The van der Waals surface area contributed by atoms with Crippen molar-refractivity contribution in [1.29, 1.82) is 0 Å². The number of halogens is 1. The van der Waals surface area contributed by atoms with Gasteiger partial charge in [0.2, 0.25) is 5.91 Å². The minimum atomic E-state index is -0.461. The second kappa shape index (κ2) is 8.51. The molecule has 5 heteroatoms. The van der Waals surface area contributed by atoms with Gasteiger partial charge >= 0.3 is 0 Å². The van der Waals surface area contributed by atoms with E-state index in [1.54, 1.807) is 0 Å². The van der Waals surface area contributed by atoms with Crippen LogP contribution >= 0.6 is 12.4 Å². The Kier molecular flexibility index (Phi) is 7.63. The Hall–Kier alpha value is -0.320. The van der Waals surface area contributed by atoms with Crippen LogP contribution in [0.5, 0.6) is 0 Å². The van der Waals surface area contributed by atoms with Crippen molar-refractivity contribution >= 4 is 18.3 Å². The molecule has 0 aromatic heterocycles. The number of hydrogen-bond acceptors (Lipinski definition) is 3. The molecule has 0 bridgehead atoms. The van der Waals surface area contributed by atoms with Crippen LogP contribution in [0.2, 0.25) is 0 Å². The van der Waals surface area contributed by atoms with E-state index in [0.717, 1.165) is 6.54 Å². The molecule has 0 unspecified atom stereocenters. The van der Waals surface area contributed by atoms with E-state index in [0.29, 0.717) is 6.54 Å². The summed E-state index contributed by atoms with van der Waals surface area (Å²) in [5.41, 5.74) is 5.47. The lowest BCUT2D eigenvalue weighted by Gasteiger charge is -2.48. The van der Waals surface area contributed by atoms with Gasteiger partial charge in [0.25, 0.3) is 0 Å². The molecule has 1 heterocycles. The first kappa shape index (κ1) is 19.7. The maximum absolute atomic E-state index is 12.4. The summed E-state index contributed by atoms with van der Waals surface area (Å²) in [5, 5.41) is 3.22. The summed E-state index contributed by atoms with van der Waals surface area (Å²) in [6, 6.07) is 0. The van der Waals surface area contributed by atoms with Crippen LogP contribution in [0.1, 0.15) is 65.2 Å². The summed E-state index contributed by atoms with van der Waals surface area (Å²) in [5.74, 6) is 0.104. The van der Waals surface area contributed by atoms with Crippen molar-refractivity contribution in [3.63, 3.8) is 0 Å². The van der Waals surface area contributed by atoms with Gasteiger partial charge in [-0.25, -0.2) is 0 Å². The van der Waals surface area contributed by atoms with E-state index >= 15 is 0 Å². The van der Waals surface area contributed by atoms with Crippen LogP contribution in [0.3, 0.4) is 0 Å². The molecule has 2 aliphatic rings. The number of hydrogen-bond donors (Lipinski definition) is 2. The summed E-state index contributed by atoms with van der Waals surface area (Å²) in [6.45, 7) is 7.46. The molecule has 1 aliphatic carbocycles. The van der Waals surface area contributed by atoms with E-state index in [2.05, 4.69) is 10.2 Å². The van der Waals surface area contributed by atoms with Crippen LogP contribution in [0.4, 0.5) is 0 Å². The highest BCUT2D eigenvalue weighted by Crippen LogP contribution is 2.35. The third-order valence-corrected chi connectivity index (χ3v) is 5.51. The molecule has 3 N–H and O–H groups in total. The zero-order valence-electron chi connectivity index (χ0n) is 14.3. The maximum Gasteiger partial charge on any atom is 0.226 e. The van der Waals surface area contributed by atoms with E-state index in [1.165, 1.54) is 64.5 Å². The first-order valence-electron chi connectivity index (χ1n) is 8.74. The standard InChI is InChI=1S/C17H33N3O.ClH/c1-16(2,13-18)15(21)19-14-17(9-5-3-6-10-17)20-11-7-4-8-12-20;/h3-14,18H2,1-2H3,(H,19,21);1H. The molecule has 1 aliphatic heterocycles. The average molecular weight is 332 g/mol. The number of nitrogens with one attached hydrogen (secondary N) is 1. The smallest absolute Gasteiger partial charge is 0.226 e. The fourth-order valence-corrected chi connectivity index (χ4v) is 3.76. The molecule has 0 atom stereocenters. The molecule has 0 spiro atoms. The van der Waals surface area contributed by atoms with E-state index in [9.17, 15) is 4.79 Å². The maximum atomic E-state index is 12.4. The van der Waals surface area contributed by atoms with Gasteiger partial charge in [-0.3, -0.25) is 9.69 Å². The number of amides is 1. The summed E-state index contributed by atoms with van der Waals surface area (Å²) in [6.07, 6.45) is 10.4. The third-order valence-electron chi connectivity index (χ3n) is 5.51. The highest BCUT2D eigenvalue weighted by atomic mass is 35.5. The van der Waals surface area contributed by atoms with Gasteiger partial charge in [0.1, 0.15) is 0 Å². The highest BCUT2D eigenvalue weighted by Gasteiger charge is 2.39. The Morgan fingerprint density at radius 2 is 1.64 bits per heavy atom. The number of nitrogens with zero attached hydrogens (tertiary/aromatic N) is 1. The Balaban J connectivity index is 0.00000242. The normalized spacial score (nSPS) is 22.7. The number of carbonyl (C=O) groups is 1. The van der Waals surface area contributed by atoms with Gasteiger partial charge in [0.15, 0.2) is 0 Å². The SMILES string of the molecule is CC(C)(CN)C(=O)NCC1(N2CCCCC2)CCCCC1.Cl. The molecule has 130 valence electrons. The number of carbonyl (C=O) groups excluding carboxylic acids is 1. The van der Waals surface area contributed by atoms with Crippen LogP contribution in [0.15, 0.2) is 0 Å². The van der Waals surface area contributed by atoms with Crippen LogP contribution in [-0.2, 0) is 4.79 Å². The van der Waals surface area contributed by atoms with Crippen molar-refractivity contribution in [1.82, 2.24) is 10.2 Å². The lowest BCUT2D eigenvalue weighted by Crippen LogP contribution is -2.59. The Morgan fingerprint density at radius 3 is 2.18 bits per heavy atom. The number of nitrogens with two attached hydrogens (primary N) is 1. The van der Waals surface area contributed by atoms with Gasteiger partial charge in [0.05, 0.1) is 5.41 Å². The molecule has 1 amide bonds. The van der Waals surface area contributed by atoms with Gasteiger partial charge in [0, 0.05) is 18.6 Å². The zero-order chi connectivity index (χ0) is 15.3. The second-order valence-electron chi connectivity index (χ2n) is 7.60. The number of likely N-dealkylation sites (tertiary alicyclic amines) is 1. The number of rotatable bonds is 5. The van der Waals surface area contributed by atoms with Crippen LogP contribution < -0.4 is 11.1 Å². The molecule has 0 aromatic carbocycles. The largest absolute Gasteiger partial charge is 0.354 e. The van der Waals surface area contributed by atoms with Crippen LogP contribution in [0.25, 0.3) is 0 Å². The molecule has 2 rings (SSSR count). The van der Waals surface area contributed by atoms with Crippen LogP contribution in [-0.4, -0.2) is 42.5 Å². The molecular weight excluding hydrogens is 298 g/mol. The first-order chi connectivity index (χ1) is 10.0. The van der Waals surface area contributed by atoms with Crippen molar-refractivity contribution in [3.05, 3.63) is 0 Å². The zero-order valence-corrected chi connectivity index (χ0v) is 15.1. The summed E-state index contributed by atoms with van der Waals surface area (Å²) in [4.78, 5) is 15.0. The predicted octanol–water partition coefficient (Wildman–Crippen LogP) is 2.70. The molecule has 2 fully saturated rings. The molecule has 0 aromatic rings. The fourth-order valence-electron chi connectivity index (χ4n) is 3.76. The Bertz CT molecular complexity index is 348. The summed E-state index contributed by atoms with van der Waals surface area (Å²) < 4.78 is 0. The summed E-state index contributed by atoms with van der Waals surface area (Å²) >= 11 is 0. The monoisotopic (exact) mass is 331 g/mol. The van der Waals surface area contributed by atoms with E-state index in [4.69, 9.17) is 5.73 Å². The highest BCUT2D eigenvalue weighted by molar-refractivity contribution is 5.85. The van der Waals surface area contributed by atoms with E-state index in [1.807, 2.05) is 13.8 Å². The quantitative estimate of drug-likeness (QED) is 0.814. The lowest BCUT2D eigenvalue weighted by molar-refractivity contribution is -0.129. The second-order valence-corrected chi connectivity index (χ2v) is 7.60. The average Bonchev–Trinajstić information content (AvgIpc) is 2.54. The van der Waals surface area contributed by atoms with Gasteiger partial charge < -0.3 is 11.1 Å². The first-order valence-corrected chi connectivity index (χ1v) is 8.74. The van der Waals surface area contributed by atoms with Crippen molar-refractivity contribution in [3.8, 4) is 0 Å².